The lowest BCUT2D eigenvalue weighted by Crippen LogP contribution is -2.50. The number of piperidine rings is 1. The zero-order valence-corrected chi connectivity index (χ0v) is 14.1. The van der Waals surface area contributed by atoms with Crippen molar-refractivity contribution in [1.29, 1.82) is 0 Å². The number of guanidine groups is 1. The average Bonchev–Trinajstić information content (AvgIpc) is 3.33. The third kappa shape index (κ3) is 5.07. The maximum atomic E-state index is 11.6. The Bertz CT molecular complexity index is 388. The predicted molar refractivity (Wildman–Crippen MR) is 88.0 cm³/mol. The van der Waals surface area contributed by atoms with Gasteiger partial charge >= 0.3 is 6.09 Å². The summed E-state index contributed by atoms with van der Waals surface area (Å²) in [6.45, 7) is 7.36. The van der Waals surface area contributed by atoms with Crippen molar-refractivity contribution in [1.82, 2.24) is 15.5 Å². The van der Waals surface area contributed by atoms with Gasteiger partial charge < -0.3 is 20.3 Å². The van der Waals surface area contributed by atoms with E-state index in [-0.39, 0.29) is 12.1 Å². The van der Waals surface area contributed by atoms with Crippen LogP contribution in [0, 0.1) is 11.8 Å². The topological polar surface area (TPSA) is 66.0 Å². The first-order valence-electron chi connectivity index (χ1n) is 8.53. The highest BCUT2D eigenvalue weighted by Crippen LogP contribution is 2.32. The molecular weight excluding hydrogens is 280 g/mol. The molecule has 1 unspecified atom stereocenters. The Morgan fingerprint density at radius 1 is 1.32 bits per heavy atom. The van der Waals surface area contributed by atoms with Gasteiger partial charge in [0.15, 0.2) is 5.96 Å². The van der Waals surface area contributed by atoms with E-state index in [1.807, 2.05) is 14.0 Å². The van der Waals surface area contributed by atoms with Gasteiger partial charge in [-0.2, -0.15) is 0 Å². The Balaban J connectivity index is 1.81. The SMILES string of the molecule is CCOC(=O)NC(CNC(=NC)N1CCC(C)CC1)C1CC1. The van der Waals surface area contributed by atoms with Crippen LogP contribution in [0.25, 0.3) is 0 Å². The van der Waals surface area contributed by atoms with Crippen LogP contribution in [0.5, 0.6) is 0 Å². The third-order valence-electron chi connectivity index (χ3n) is 4.54. The van der Waals surface area contributed by atoms with Gasteiger partial charge in [0.25, 0.3) is 0 Å². The summed E-state index contributed by atoms with van der Waals surface area (Å²) in [7, 11) is 1.82. The van der Waals surface area contributed by atoms with Gasteiger partial charge in [-0.25, -0.2) is 4.79 Å². The van der Waals surface area contributed by atoms with Crippen molar-refractivity contribution in [2.45, 2.75) is 45.6 Å². The number of ether oxygens (including phenoxy) is 1. The molecule has 2 fully saturated rings. The molecule has 1 atom stereocenters. The maximum Gasteiger partial charge on any atom is 0.407 e. The van der Waals surface area contributed by atoms with E-state index < -0.39 is 0 Å². The molecule has 1 amide bonds. The zero-order valence-electron chi connectivity index (χ0n) is 14.1. The molecule has 1 saturated heterocycles. The number of hydrogen-bond acceptors (Lipinski definition) is 3. The molecule has 6 heteroatoms. The van der Waals surface area contributed by atoms with Crippen molar-refractivity contribution in [2.75, 3.05) is 33.3 Å². The van der Waals surface area contributed by atoms with Gasteiger partial charge in [-0.1, -0.05) is 6.92 Å². The molecule has 0 radical (unpaired) electrons. The van der Waals surface area contributed by atoms with E-state index in [0.717, 1.165) is 25.0 Å². The van der Waals surface area contributed by atoms with E-state index in [1.54, 1.807) is 0 Å². The quantitative estimate of drug-likeness (QED) is 0.600. The smallest absolute Gasteiger partial charge is 0.407 e. The Morgan fingerprint density at radius 3 is 2.55 bits per heavy atom. The first kappa shape index (κ1) is 16.9. The fourth-order valence-corrected chi connectivity index (χ4v) is 2.91. The van der Waals surface area contributed by atoms with Crippen molar-refractivity contribution in [3.05, 3.63) is 0 Å². The van der Waals surface area contributed by atoms with Crippen LogP contribution in [0.3, 0.4) is 0 Å². The Hall–Kier alpha value is -1.46. The summed E-state index contributed by atoms with van der Waals surface area (Å²) in [6, 6.07) is 0.125. The highest BCUT2D eigenvalue weighted by atomic mass is 16.5. The van der Waals surface area contributed by atoms with Crippen molar-refractivity contribution >= 4 is 12.1 Å². The highest BCUT2D eigenvalue weighted by molar-refractivity contribution is 5.80. The summed E-state index contributed by atoms with van der Waals surface area (Å²) in [5.41, 5.74) is 0. The summed E-state index contributed by atoms with van der Waals surface area (Å²) in [6.07, 6.45) is 4.47. The molecule has 1 saturated carbocycles. The molecule has 0 bridgehead atoms. The van der Waals surface area contributed by atoms with E-state index in [1.165, 1.54) is 25.7 Å². The first-order chi connectivity index (χ1) is 10.6. The molecule has 1 aliphatic heterocycles. The Morgan fingerprint density at radius 2 is 2.00 bits per heavy atom. The van der Waals surface area contributed by atoms with Gasteiger partial charge in [-0.05, 0) is 44.4 Å². The Labute approximate surface area is 133 Å². The van der Waals surface area contributed by atoms with Crippen LogP contribution in [-0.4, -0.2) is 56.3 Å². The van der Waals surface area contributed by atoms with E-state index in [9.17, 15) is 4.79 Å². The molecule has 2 rings (SSSR count). The summed E-state index contributed by atoms with van der Waals surface area (Å²) >= 11 is 0. The van der Waals surface area contributed by atoms with Crippen LogP contribution in [0.2, 0.25) is 0 Å². The third-order valence-corrected chi connectivity index (χ3v) is 4.54. The Kier molecular flexibility index (Phi) is 6.34. The highest BCUT2D eigenvalue weighted by Gasteiger charge is 2.33. The van der Waals surface area contributed by atoms with Crippen LogP contribution in [0.15, 0.2) is 4.99 Å². The predicted octanol–water partition coefficient (Wildman–Crippen LogP) is 1.82. The van der Waals surface area contributed by atoms with Crippen LogP contribution in [0.1, 0.15) is 39.5 Å². The minimum atomic E-state index is -0.317. The number of nitrogens with one attached hydrogen (secondary N) is 2. The van der Waals surface area contributed by atoms with Crippen molar-refractivity contribution in [2.24, 2.45) is 16.8 Å². The van der Waals surface area contributed by atoms with E-state index >= 15 is 0 Å². The van der Waals surface area contributed by atoms with Crippen LogP contribution in [-0.2, 0) is 4.74 Å². The molecule has 1 heterocycles. The standard InChI is InChI=1S/C16H30N4O2/c1-4-22-16(21)19-14(13-5-6-13)11-18-15(17-3)20-9-7-12(2)8-10-20/h12-14H,4-11H2,1-3H3,(H,17,18)(H,19,21). The lowest BCUT2D eigenvalue weighted by molar-refractivity contribution is 0.146. The van der Waals surface area contributed by atoms with Gasteiger partial charge in [0.05, 0.1) is 12.6 Å². The first-order valence-corrected chi connectivity index (χ1v) is 8.53. The number of rotatable bonds is 5. The number of carbonyl (C=O) groups excluding carboxylic acids is 1. The average molecular weight is 310 g/mol. The summed E-state index contributed by atoms with van der Waals surface area (Å²) < 4.78 is 4.99. The summed E-state index contributed by atoms with van der Waals surface area (Å²) in [5, 5.41) is 6.40. The van der Waals surface area contributed by atoms with E-state index in [2.05, 4.69) is 27.4 Å². The minimum absolute atomic E-state index is 0.125. The second kappa shape index (κ2) is 8.25. The summed E-state index contributed by atoms with van der Waals surface area (Å²) in [5.74, 6) is 2.32. The molecule has 0 aromatic carbocycles. The largest absolute Gasteiger partial charge is 0.450 e. The van der Waals surface area contributed by atoms with Crippen molar-refractivity contribution < 1.29 is 9.53 Å². The number of nitrogens with zero attached hydrogens (tertiary/aromatic N) is 2. The lowest BCUT2D eigenvalue weighted by atomic mass is 9.99. The molecule has 0 aromatic rings. The van der Waals surface area contributed by atoms with Gasteiger partial charge in [0.2, 0.25) is 0 Å². The van der Waals surface area contributed by atoms with Crippen LogP contribution < -0.4 is 10.6 Å². The fraction of sp³-hybridized carbons (Fsp3) is 0.875. The number of alkyl carbamates (subject to hydrolysis) is 1. The van der Waals surface area contributed by atoms with Crippen LogP contribution >= 0.6 is 0 Å². The van der Waals surface area contributed by atoms with E-state index in [4.69, 9.17) is 4.74 Å². The summed E-state index contributed by atoms with van der Waals surface area (Å²) in [4.78, 5) is 18.3. The second-order valence-electron chi connectivity index (χ2n) is 6.41. The van der Waals surface area contributed by atoms with Crippen molar-refractivity contribution in [3.8, 4) is 0 Å². The minimum Gasteiger partial charge on any atom is -0.450 e. The molecule has 0 aromatic heterocycles. The van der Waals surface area contributed by atoms with E-state index in [0.29, 0.717) is 19.1 Å². The fourth-order valence-electron chi connectivity index (χ4n) is 2.91. The molecule has 0 spiro atoms. The zero-order chi connectivity index (χ0) is 15.9. The second-order valence-corrected chi connectivity index (χ2v) is 6.41. The molecule has 126 valence electrons. The van der Waals surface area contributed by atoms with Gasteiger partial charge in [-0.15, -0.1) is 0 Å². The van der Waals surface area contributed by atoms with Crippen LogP contribution in [0.4, 0.5) is 4.79 Å². The lowest BCUT2D eigenvalue weighted by Gasteiger charge is -2.33. The molecule has 2 aliphatic rings. The van der Waals surface area contributed by atoms with Crippen molar-refractivity contribution in [3.63, 3.8) is 0 Å². The molecule has 2 N–H and O–H groups in total. The molecule has 22 heavy (non-hydrogen) atoms. The number of amides is 1. The molecular formula is C16H30N4O2. The number of hydrogen-bond donors (Lipinski definition) is 2. The van der Waals surface area contributed by atoms with Gasteiger partial charge in [0, 0.05) is 26.7 Å². The normalized spacial score (nSPS) is 21.4. The molecule has 1 aliphatic carbocycles. The van der Waals surface area contributed by atoms with Gasteiger partial charge in [0.1, 0.15) is 0 Å². The number of likely N-dealkylation sites (tertiary alicyclic amines) is 1. The monoisotopic (exact) mass is 310 g/mol. The molecule has 6 nitrogen and oxygen atoms in total. The number of aliphatic imine (C=N–C) groups is 1. The number of carbonyl (C=O) groups is 1. The maximum absolute atomic E-state index is 11.6. The van der Waals surface area contributed by atoms with Gasteiger partial charge in [-0.3, -0.25) is 4.99 Å².